The van der Waals surface area contributed by atoms with Crippen LogP contribution in [0.2, 0.25) is 0 Å². The van der Waals surface area contributed by atoms with Crippen molar-refractivity contribution in [3.63, 3.8) is 0 Å². The second-order valence-electron chi connectivity index (χ2n) is 8.98. The zero-order valence-electron chi connectivity index (χ0n) is 20.4. The van der Waals surface area contributed by atoms with E-state index in [0.717, 1.165) is 44.5 Å². The summed E-state index contributed by atoms with van der Waals surface area (Å²) < 4.78 is 7.35. The van der Waals surface area contributed by atoms with Crippen LogP contribution >= 0.6 is 0 Å². The van der Waals surface area contributed by atoms with Crippen molar-refractivity contribution in [2.75, 3.05) is 26.7 Å². The van der Waals surface area contributed by atoms with Gasteiger partial charge in [-0.3, -0.25) is 9.36 Å². The van der Waals surface area contributed by atoms with Crippen LogP contribution in [0.1, 0.15) is 42.1 Å². The Morgan fingerprint density at radius 2 is 1.89 bits per heavy atom. The Labute approximate surface area is 206 Å². The van der Waals surface area contributed by atoms with Crippen LogP contribution in [0.15, 0.2) is 61.1 Å². The number of ether oxygens (including phenoxy) is 1. The van der Waals surface area contributed by atoms with Gasteiger partial charge in [0.25, 0.3) is 5.91 Å². The van der Waals surface area contributed by atoms with E-state index in [0.29, 0.717) is 23.6 Å². The topological polar surface area (TPSA) is 93.7 Å². The third-order valence-corrected chi connectivity index (χ3v) is 6.53. The molecule has 1 aliphatic heterocycles. The predicted octanol–water partition coefficient (Wildman–Crippen LogP) is 4.00. The van der Waals surface area contributed by atoms with Crippen molar-refractivity contribution in [1.29, 1.82) is 0 Å². The highest BCUT2D eigenvalue weighted by Crippen LogP contribution is 2.27. The number of carbonyl (C=O) groups is 2. The van der Waals surface area contributed by atoms with Gasteiger partial charge in [0, 0.05) is 37.9 Å². The monoisotopic (exact) mass is 475 g/mol. The summed E-state index contributed by atoms with van der Waals surface area (Å²) in [6.07, 6.45) is 6.29. The molecule has 0 saturated carbocycles. The van der Waals surface area contributed by atoms with Crippen LogP contribution in [0.25, 0.3) is 11.3 Å². The molecule has 8 heteroatoms. The van der Waals surface area contributed by atoms with Crippen LogP contribution in [-0.2, 0) is 6.61 Å². The fourth-order valence-corrected chi connectivity index (χ4v) is 4.50. The van der Waals surface area contributed by atoms with Crippen LogP contribution in [-0.4, -0.2) is 64.0 Å². The highest BCUT2D eigenvalue weighted by molar-refractivity contribution is 5.97. The van der Waals surface area contributed by atoms with Gasteiger partial charge in [0.05, 0.1) is 11.3 Å². The van der Waals surface area contributed by atoms with Gasteiger partial charge in [-0.15, -0.1) is 0 Å². The molecule has 8 nitrogen and oxygen atoms in total. The summed E-state index contributed by atoms with van der Waals surface area (Å²) in [5, 5.41) is 0. The number of piperidine rings is 1. The molecule has 0 radical (unpaired) electrons. The molecule has 4 rings (SSSR count). The molecule has 2 heterocycles. The van der Waals surface area contributed by atoms with Gasteiger partial charge in [-0.2, -0.15) is 0 Å². The Morgan fingerprint density at radius 3 is 2.57 bits per heavy atom. The van der Waals surface area contributed by atoms with Crippen molar-refractivity contribution in [1.82, 2.24) is 19.4 Å². The van der Waals surface area contributed by atoms with E-state index in [1.54, 1.807) is 18.3 Å². The van der Waals surface area contributed by atoms with Crippen molar-refractivity contribution in [2.24, 2.45) is 5.73 Å². The van der Waals surface area contributed by atoms with Gasteiger partial charge in [-0.05, 0) is 49.6 Å². The van der Waals surface area contributed by atoms with E-state index in [9.17, 15) is 9.59 Å². The quantitative estimate of drug-likeness (QED) is 0.531. The van der Waals surface area contributed by atoms with Crippen LogP contribution < -0.4 is 10.5 Å². The van der Waals surface area contributed by atoms with E-state index in [1.165, 1.54) is 10.9 Å². The fraction of sp³-hybridized carbons (Fsp3) is 0.370. The van der Waals surface area contributed by atoms with Crippen molar-refractivity contribution < 1.29 is 14.3 Å². The average molecular weight is 476 g/mol. The number of hydrogen-bond donors (Lipinski definition) is 1. The van der Waals surface area contributed by atoms with E-state index in [4.69, 9.17) is 10.5 Å². The number of amides is 2. The van der Waals surface area contributed by atoms with Gasteiger partial charge in [0.1, 0.15) is 18.7 Å². The maximum atomic E-state index is 13.1. The Hall–Kier alpha value is -3.65. The molecule has 0 atom stereocenters. The lowest BCUT2D eigenvalue weighted by Crippen LogP contribution is -2.46. The number of imidazole rings is 1. The van der Waals surface area contributed by atoms with Crippen LogP contribution in [0, 0.1) is 0 Å². The van der Waals surface area contributed by atoms with Gasteiger partial charge >= 0.3 is 6.03 Å². The maximum Gasteiger partial charge on any atom is 0.329 e. The molecular weight excluding hydrogens is 442 g/mol. The summed E-state index contributed by atoms with van der Waals surface area (Å²) >= 11 is 0. The Balaban J connectivity index is 1.45. The van der Waals surface area contributed by atoms with Crippen LogP contribution in [0.3, 0.4) is 0 Å². The van der Waals surface area contributed by atoms with Crippen molar-refractivity contribution in [3.05, 3.63) is 72.2 Å². The van der Waals surface area contributed by atoms with Gasteiger partial charge in [0.2, 0.25) is 0 Å². The van der Waals surface area contributed by atoms with Crippen molar-refractivity contribution >= 4 is 11.9 Å². The molecule has 1 fully saturated rings. The second kappa shape index (κ2) is 11.2. The minimum absolute atomic E-state index is 0.115. The van der Waals surface area contributed by atoms with E-state index < -0.39 is 5.91 Å². The summed E-state index contributed by atoms with van der Waals surface area (Å²) in [5.74, 6) is -0.172. The van der Waals surface area contributed by atoms with E-state index in [1.807, 2.05) is 48.3 Å². The first kappa shape index (κ1) is 24.5. The minimum Gasteiger partial charge on any atom is -0.488 e. The Morgan fingerprint density at radius 1 is 1.14 bits per heavy atom. The molecule has 1 aromatic heterocycles. The zero-order valence-corrected chi connectivity index (χ0v) is 20.4. The number of hydrogen-bond acceptors (Lipinski definition) is 5. The molecule has 2 aromatic carbocycles. The van der Waals surface area contributed by atoms with Crippen LogP contribution in [0.5, 0.6) is 5.75 Å². The molecule has 184 valence electrons. The first-order valence-electron chi connectivity index (χ1n) is 12.1. The van der Waals surface area contributed by atoms with Gasteiger partial charge in [-0.25, -0.2) is 9.78 Å². The standard InChI is InChI=1S/C27H33N5O3/c1-3-13-31-14-11-22(12-15-31)30(2)27(34)32-17-24(29-19-32)21-9-10-25(23(16-21)26(28)33)35-18-20-7-5-4-6-8-20/h4-10,16-17,19,22H,3,11-15,18H2,1-2H3,(H2,28,33). The lowest BCUT2D eigenvalue weighted by molar-refractivity contribution is 0.0996. The Kier molecular flexibility index (Phi) is 7.82. The SMILES string of the molecule is CCCN1CCC(N(C)C(=O)n2cnc(-c3ccc(OCc4ccccc4)c(C(N)=O)c3)c2)CC1. The second-order valence-corrected chi connectivity index (χ2v) is 8.98. The summed E-state index contributed by atoms with van der Waals surface area (Å²) in [5.41, 5.74) is 8.16. The fourth-order valence-electron chi connectivity index (χ4n) is 4.50. The predicted molar refractivity (Wildman–Crippen MR) is 135 cm³/mol. The zero-order chi connectivity index (χ0) is 24.8. The molecule has 0 bridgehead atoms. The number of nitrogens with two attached hydrogens (primary N) is 1. The van der Waals surface area contributed by atoms with E-state index in [2.05, 4.69) is 16.8 Å². The Bertz CT molecular complexity index is 1150. The third kappa shape index (κ3) is 5.89. The van der Waals surface area contributed by atoms with Gasteiger partial charge < -0.3 is 20.3 Å². The third-order valence-electron chi connectivity index (χ3n) is 6.53. The summed E-state index contributed by atoms with van der Waals surface area (Å²) in [6, 6.07) is 15.0. The number of likely N-dealkylation sites (tertiary alicyclic amines) is 1. The lowest BCUT2D eigenvalue weighted by atomic mass is 10.0. The van der Waals surface area contributed by atoms with Crippen molar-refractivity contribution in [2.45, 2.75) is 38.8 Å². The normalized spacial score (nSPS) is 14.6. The smallest absolute Gasteiger partial charge is 0.329 e. The number of primary amides is 1. The number of carbonyl (C=O) groups excluding carboxylic acids is 2. The maximum absolute atomic E-state index is 13.1. The molecule has 2 amide bonds. The average Bonchev–Trinajstić information content (AvgIpc) is 3.38. The lowest BCUT2D eigenvalue weighted by Gasteiger charge is -2.36. The molecule has 0 aliphatic carbocycles. The van der Waals surface area contributed by atoms with Gasteiger partial charge in [-0.1, -0.05) is 37.3 Å². The van der Waals surface area contributed by atoms with Crippen LogP contribution in [0.4, 0.5) is 4.79 Å². The van der Waals surface area contributed by atoms with Crippen molar-refractivity contribution in [3.8, 4) is 17.0 Å². The molecular formula is C27H33N5O3. The molecule has 35 heavy (non-hydrogen) atoms. The molecule has 0 unspecified atom stereocenters. The molecule has 0 spiro atoms. The molecule has 2 N–H and O–H groups in total. The van der Waals surface area contributed by atoms with Gasteiger partial charge in [0.15, 0.2) is 0 Å². The largest absolute Gasteiger partial charge is 0.488 e. The summed E-state index contributed by atoms with van der Waals surface area (Å²) in [4.78, 5) is 33.9. The molecule has 3 aromatic rings. The molecule has 1 saturated heterocycles. The summed E-state index contributed by atoms with van der Waals surface area (Å²) in [7, 11) is 1.85. The number of nitrogens with zero attached hydrogens (tertiary/aromatic N) is 4. The first-order valence-corrected chi connectivity index (χ1v) is 12.1. The van der Waals surface area contributed by atoms with E-state index in [-0.39, 0.29) is 17.6 Å². The van der Waals surface area contributed by atoms with E-state index >= 15 is 0 Å². The molecule has 1 aliphatic rings. The highest BCUT2D eigenvalue weighted by Gasteiger charge is 2.26. The first-order chi connectivity index (χ1) is 17.0. The highest BCUT2D eigenvalue weighted by atomic mass is 16.5. The number of aromatic nitrogens is 2. The summed E-state index contributed by atoms with van der Waals surface area (Å²) in [6.45, 7) is 5.65. The minimum atomic E-state index is -0.584. The number of rotatable bonds is 8. The number of benzene rings is 2.